The molecule has 5 rings (SSSR count). The number of nitrogens with one attached hydrogen (secondary N) is 2. The first-order chi connectivity index (χ1) is 18.6. The Morgan fingerprint density at radius 3 is 2.66 bits per heavy atom. The fourth-order valence-corrected chi connectivity index (χ4v) is 5.80. The van der Waals surface area contributed by atoms with Gasteiger partial charge in [0.05, 0.1) is 11.4 Å². The van der Waals surface area contributed by atoms with E-state index in [2.05, 4.69) is 62.4 Å². The van der Waals surface area contributed by atoms with Crippen LogP contribution in [0.4, 0.5) is 5.82 Å². The normalized spacial score (nSPS) is 15.1. The number of nitrogens with two attached hydrogens (primary N) is 1. The van der Waals surface area contributed by atoms with Crippen molar-refractivity contribution in [3.8, 4) is 11.4 Å². The Labute approximate surface area is 224 Å². The first-order valence-electron chi connectivity index (χ1n) is 13.9. The van der Waals surface area contributed by atoms with Crippen molar-refractivity contribution in [2.24, 2.45) is 5.92 Å². The van der Waals surface area contributed by atoms with Gasteiger partial charge in [-0.15, -0.1) is 0 Å². The molecule has 3 aromatic heterocycles. The number of anilines is 1. The van der Waals surface area contributed by atoms with Crippen molar-refractivity contribution in [3.05, 3.63) is 78.1 Å². The van der Waals surface area contributed by atoms with Gasteiger partial charge in [-0.2, -0.15) is 0 Å². The molecule has 38 heavy (non-hydrogen) atoms. The number of pyridine rings is 2. The first-order valence-corrected chi connectivity index (χ1v) is 13.9. The van der Waals surface area contributed by atoms with Gasteiger partial charge in [-0.25, -0.2) is 4.98 Å². The van der Waals surface area contributed by atoms with Crippen LogP contribution >= 0.6 is 0 Å². The van der Waals surface area contributed by atoms with E-state index in [9.17, 15) is 4.79 Å². The zero-order valence-electron chi connectivity index (χ0n) is 22.2. The number of H-pyrrole nitrogens is 1. The van der Waals surface area contributed by atoms with Crippen molar-refractivity contribution in [3.63, 3.8) is 0 Å². The van der Waals surface area contributed by atoms with Crippen LogP contribution in [0, 0.1) is 5.92 Å². The summed E-state index contributed by atoms with van der Waals surface area (Å²) in [5, 5.41) is 4.74. The van der Waals surface area contributed by atoms with Crippen LogP contribution in [0.25, 0.3) is 22.3 Å². The van der Waals surface area contributed by atoms with Gasteiger partial charge < -0.3 is 20.9 Å². The van der Waals surface area contributed by atoms with E-state index in [1.165, 1.54) is 10.9 Å². The summed E-state index contributed by atoms with van der Waals surface area (Å²) in [6.07, 6.45) is 8.29. The molecule has 4 heterocycles. The molecular formula is C31H38N6O. The lowest BCUT2D eigenvalue weighted by molar-refractivity contribution is -0.137. The highest BCUT2D eigenvalue weighted by Crippen LogP contribution is 2.40. The van der Waals surface area contributed by atoms with Crippen LogP contribution < -0.4 is 11.1 Å². The number of aromatic amines is 1. The molecule has 1 aliphatic heterocycles. The van der Waals surface area contributed by atoms with E-state index in [4.69, 9.17) is 5.73 Å². The van der Waals surface area contributed by atoms with Gasteiger partial charge in [0.1, 0.15) is 5.82 Å². The number of fused-ring (bicyclic) bond motifs is 1. The lowest BCUT2D eigenvalue weighted by Crippen LogP contribution is -2.42. The van der Waals surface area contributed by atoms with Gasteiger partial charge in [0.25, 0.3) is 0 Å². The smallest absolute Gasteiger partial charge is 0.225 e. The van der Waals surface area contributed by atoms with Gasteiger partial charge in [-0.3, -0.25) is 9.78 Å². The Morgan fingerprint density at radius 1 is 1.08 bits per heavy atom. The average Bonchev–Trinajstić information content (AvgIpc) is 3.35. The number of hydrogen-bond donors (Lipinski definition) is 3. The number of amides is 1. The molecule has 0 spiro atoms. The minimum absolute atomic E-state index is 0.0590. The number of aromatic nitrogens is 3. The number of rotatable bonds is 10. The molecule has 1 aliphatic rings. The maximum absolute atomic E-state index is 13.5. The number of piperidine rings is 1. The second-order valence-corrected chi connectivity index (χ2v) is 10.3. The van der Waals surface area contributed by atoms with Crippen LogP contribution in [-0.2, 0) is 11.3 Å². The summed E-state index contributed by atoms with van der Waals surface area (Å²) < 4.78 is 0. The lowest BCUT2D eigenvalue weighted by Gasteiger charge is -2.35. The molecule has 4 N–H and O–H groups in total. The number of carbonyl (C=O) groups excluding carboxylic acids is 1. The largest absolute Gasteiger partial charge is 0.384 e. The summed E-state index contributed by atoms with van der Waals surface area (Å²) in [5.74, 6) is 1.30. The predicted octanol–water partition coefficient (Wildman–Crippen LogP) is 5.51. The van der Waals surface area contributed by atoms with Crippen LogP contribution in [-0.4, -0.2) is 45.4 Å². The maximum Gasteiger partial charge on any atom is 0.225 e. The Bertz CT molecular complexity index is 1340. The van der Waals surface area contributed by atoms with Crippen LogP contribution in [0.2, 0.25) is 0 Å². The Hall–Kier alpha value is -3.71. The monoisotopic (exact) mass is 510 g/mol. The number of benzene rings is 1. The van der Waals surface area contributed by atoms with Gasteiger partial charge >= 0.3 is 0 Å². The number of para-hydroxylation sites is 1. The van der Waals surface area contributed by atoms with Crippen LogP contribution in [0.5, 0.6) is 0 Å². The van der Waals surface area contributed by atoms with Gasteiger partial charge in [0.15, 0.2) is 0 Å². The summed E-state index contributed by atoms with van der Waals surface area (Å²) in [5.41, 5.74) is 11.5. The van der Waals surface area contributed by atoms with Crippen molar-refractivity contribution in [2.75, 3.05) is 25.4 Å². The first kappa shape index (κ1) is 25.9. The van der Waals surface area contributed by atoms with Gasteiger partial charge in [0, 0.05) is 48.8 Å². The molecule has 1 unspecified atom stereocenters. The maximum atomic E-state index is 13.5. The van der Waals surface area contributed by atoms with E-state index in [0.717, 1.165) is 80.8 Å². The molecule has 7 heteroatoms. The Morgan fingerprint density at radius 2 is 1.89 bits per heavy atom. The molecule has 1 fully saturated rings. The topological polar surface area (TPSA) is 99.9 Å². The second kappa shape index (κ2) is 12.2. The van der Waals surface area contributed by atoms with E-state index in [-0.39, 0.29) is 5.92 Å². The summed E-state index contributed by atoms with van der Waals surface area (Å²) in [6.45, 7) is 5.30. The Kier molecular flexibility index (Phi) is 8.34. The highest BCUT2D eigenvalue weighted by molar-refractivity contribution is 5.91. The summed E-state index contributed by atoms with van der Waals surface area (Å²) >= 11 is 0. The van der Waals surface area contributed by atoms with Gasteiger partial charge in [-0.1, -0.05) is 37.6 Å². The fraction of sp³-hybridized carbons (Fsp3) is 0.387. The molecule has 198 valence electrons. The highest BCUT2D eigenvalue weighted by atomic mass is 16.2. The molecule has 4 aromatic rings. The third kappa shape index (κ3) is 5.89. The van der Waals surface area contributed by atoms with Crippen LogP contribution in [0.3, 0.4) is 0 Å². The van der Waals surface area contributed by atoms with E-state index >= 15 is 0 Å². The molecule has 1 aromatic carbocycles. The second-order valence-electron chi connectivity index (χ2n) is 10.3. The Balaban J connectivity index is 1.22. The number of nitrogens with zero attached hydrogens (tertiary/aromatic N) is 3. The summed E-state index contributed by atoms with van der Waals surface area (Å²) in [4.78, 5) is 28.0. The molecule has 1 saturated heterocycles. The third-order valence-electron chi connectivity index (χ3n) is 7.71. The lowest BCUT2D eigenvalue weighted by atomic mass is 9.86. The molecular weight excluding hydrogens is 472 g/mol. The standard InChI is InChI=1S/C31H38N6O/c1-2-7-24(12-16-33-21-22-11-17-35-28(32)20-22)31(38)37-18-13-23(14-19-37)29-25-8-3-4-9-26(25)36-30(29)27-10-5-6-15-34-27/h3-6,8-11,15,17,20,23-24,33,36H,2,7,12-14,16,18-19,21H2,1H3,(H2,32,35). The molecule has 0 saturated carbocycles. The number of nitrogen functional groups attached to an aromatic ring is 1. The van der Waals surface area contributed by atoms with Crippen molar-refractivity contribution in [1.82, 2.24) is 25.2 Å². The third-order valence-corrected chi connectivity index (χ3v) is 7.71. The van der Waals surface area contributed by atoms with Crippen molar-refractivity contribution < 1.29 is 4.79 Å². The van der Waals surface area contributed by atoms with Crippen LogP contribution in [0.1, 0.15) is 56.1 Å². The van der Waals surface area contributed by atoms with E-state index in [1.807, 2.05) is 30.5 Å². The molecule has 0 aliphatic carbocycles. The summed E-state index contributed by atoms with van der Waals surface area (Å²) in [7, 11) is 0. The van der Waals surface area contributed by atoms with E-state index < -0.39 is 0 Å². The minimum Gasteiger partial charge on any atom is -0.384 e. The number of likely N-dealkylation sites (tertiary alicyclic amines) is 1. The van der Waals surface area contributed by atoms with Crippen LogP contribution in [0.15, 0.2) is 67.0 Å². The quantitative estimate of drug-likeness (QED) is 0.244. The molecule has 0 radical (unpaired) electrons. The van der Waals surface area contributed by atoms with Gasteiger partial charge in [0.2, 0.25) is 5.91 Å². The van der Waals surface area contributed by atoms with Crippen molar-refractivity contribution in [1.29, 1.82) is 0 Å². The highest BCUT2D eigenvalue weighted by Gasteiger charge is 2.30. The van der Waals surface area contributed by atoms with E-state index in [1.54, 1.807) is 6.20 Å². The zero-order chi connectivity index (χ0) is 26.3. The molecule has 1 atom stereocenters. The van der Waals surface area contributed by atoms with Gasteiger partial charge in [-0.05, 0) is 79.6 Å². The minimum atomic E-state index is 0.0590. The fourth-order valence-electron chi connectivity index (χ4n) is 5.80. The predicted molar refractivity (Wildman–Crippen MR) is 153 cm³/mol. The number of hydrogen-bond acceptors (Lipinski definition) is 5. The molecule has 1 amide bonds. The number of carbonyl (C=O) groups is 1. The molecule has 0 bridgehead atoms. The average molecular weight is 511 g/mol. The zero-order valence-corrected chi connectivity index (χ0v) is 22.2. The molecule has 7 nitrogen and oxygen atoms in total. The SMILES string of the molecule is CCCC(CCNCc1ccnc(N)c1)C(=O)N1CCC(c2c(-c3ccccn3)[nH]c3ccccc23)CC1. The van der Waals surface area contributed by atoms with E-state index in [0.29, 0.717) is 17.6 Å². The summed E-state index contributed by atoms with van der Waals surface area (Å²) in [6, 6.07) is 18.4. The van der Waals surface area contributed by atoms with Crippen molar-refractivity contribution in [2.45, 2.75) is 51.5 Å². The van der Waals surface area contributed by atoms with Crippen molar-refractivity contribution >= 4 is 22.6 Å².